The highest BCUT2D eigenvalue weighted by atomic mass is 127. The van der Waals surface area contributed by atoms with Crippen LogP contribution in [-0.2, 0) is 11.4 Å². The van der Waals surface area contributed by atoms with Gasteiger partial charge in [-0.05, 0) is 77.0 Å². The van der Waals surface area contributed by atoms with Gasteiger partial charge in [0.25, 0.3) is 11.6 Å². The normalized spacial score (nSPS) is 14.4. The van der Waals surface area contributed by atoms with Crippen molar-refractivity contribution in [3.05, 3.63) is 95.4 Å². The molecule has 1 aliphatic heterocycles. The van der Waals surface area contributed by atoms with Gasteiger partial charge in [0.1, 0.15) is 6.61 Å². The van der Waals surface area contributed by atoms with E-state index >= 15 is 0 Å². The molecule has 184 valence electrons. The number of benzene rings is 3. The lowest BCUT2D eigenvalue weighted by Gasteiger charge is -2.15. The fraction of sp³-hybridized carbons (Fsp3) is 0.120. The molecule has 3 aromatic carbocycles. The first-order chi connectivity index (χ1) is 17.3. The average molecular weight is 653 g/mol. The van der Waals surface area contributed by atoms with Crippen LogP contribution >= 0.6 is 58.2 Å². The van der Waals surface area contributed by atoms with Gasteiger partial charge in [0, 0.05) is 17.2 Å². The van der Waals surface area contributed by atoms with Gasteiger partial charge in [-0.2, -0.15) is 0 Å². The molecular formula is C25H18ClIN2O5S2. The predicted molar refractivity (Wildman–Crippen MR) is 155 cm³/mol. The van der Waals surface area contributed by atoms with Crippen LogP contribution in [0.4, 0.5) is 11.4 Å². The zero-order valence-electron chi connectivity index (χ0n) is 18.8. The third-order valence-electron chi connectivity index (χ3n) is 5.02. The molecule has 0 unspecified atom stereocenters. The molecule has 3 aromatic rings. The van der Waals surface area contributed by atoms with Crippen molar-refractivity contribution in [2.75, 3.05) is 11.5 Å². The van der Waals surface area contributed by atoms with E-state index in [1.54, 1.807) is 12.1 Å². The van der Waals surface area contributed by atoms with Crippen LogP contribution in [0.1, 0.15) is 18.1 Å². The molecule has 0 spiro atoms. The first-order valence-corrected chi connectivity index (χ1v) is 13.3. The van der Waals surface area contributed by atoms with Crippen LogP contribution in [0.5, 0.6) is 11.5 Å². The van der Waals surface area contributed by atoms with E-state index in [0.717, 1.165) is 26.5 Å². The van der Waals surface area contributed by atoms with Crippen LogP contribution in [0, 0.1) is 13.7 Å². The highest BCUT2D eigenvalue weighted by Crippen LogP contribution is 2.39. The van der Waals surface area contributed by atoms with Crippen LogP contribution in [-0.4, -0.2) is 21.8 Å². The first kappa shape index (κ1) is 26.4. The van der Waals surface area contributed by atoms with Gasteiger partial charge >= 0.3 is 0 Å². The van der Waals surface area contributed by atoms with Crippen molar-refractivity contribution in [2.45, 2.75) is 13.5 Å². The summed E-state index contributed by atoms with van der Waals surface area (Å²) in [5, 5.41) is 11.8. The number of carbonyl (C=O) groups is 1. The zero-order valence-corrected chi connectivity index (χ0v) is 23.3. The van der Waals surface area contributed by atoms with Gasteiger partial charge in [0.15, 0.2) is 15.8 Å². The second kappa shape index (κ2) is 11.6. The van der Waals surface area contributed by atoms with Crippen molar-refractivity contribution in [3.8, 4) is 11.5 Å². The van der Waals surface area contributed by atoms with Crippen molar-refractivity contribution in [2.24, 2.45) is 0 Å². The second-order valence-corrected chi connectivity index (χ2v) is 10.7. The van der Waals surface area contributed by atoms with Gasteiger partial charge in [-0.1, -0.05) is 53.8 Å². The number of nitrogens with zero attached hydrogens (tertiary/aromatic N) is 2. The lowest BCUT2D eigenvalue weighted by Crippen LogP contribution is -2.27. The minimum atomic E-state index is -0.509. The Labute approximate surface area is 235 Å². The molecule has 1 fully saturated rings. The predicted octanol–water partition coefficient (Wildman–Crippen LogP) is 7.24. The monoisotopic (exact) mass is 652 g/mol. The van der Waals surface area contributed by atoms with E-state index in [-0.39, 0.29) is 11.6 Å². The molecule has 1 saturated heterocycles. The zero-order chi connectivity index (χ0) is 25.8. The highest BCUT2D eigenvalue weighted by Gasteiger charge is 2.34. The number of rotatable bonds is 8. The standard InChI is InChI=1S/C25H18ClIN2O5S2/c1-2-33-21-11-16(10-20(27)23(21)34-14-15-6-8-17(26)9-7-15)12-22-24(30)28(25(35)36-22)18-4-3-5-19(13-18)29(31)32/h3-13H,2,14H2,1H3/b22-12-. The molecule has 0 saturated carbocycles. The van der Waals surface area contributed by atoms with Crippen LogP contribution in [0.15, 0.2) is 65.6 Å². The highest BCUT2D eigenvalue weighted by molar-refractivity contribution is 14.1. The maximum Gasteiger partial charge on any atom is 0.271 e. The van der Waals surface area contributed by atoms with Crippen LogP contribution in [0.3, 0.4) is 0 Å². The molecule has 0 atom stereocenters. The van der Waals surface area contributed by atoms with E-state index in [9.17, 15) is 14.9 Å². The Morgan fingerprint density at radius 2 is 1.92 bits per heavy atom. The van der Waals surface area contributed by atoms with Crippen LogP contribution in [0.2, 0.25) is 5.02 Å². The average Bonchev–Trinajstić information content (AvgIpc) is 3.12. The number of hydrogen-bond acceptors (Lipinski definition) is 7. The Morgan fingerprint density at radius 3 is 2.61 bits per heavy atom. The summed E-state index contributed by atoms with van der Waals surface area (Å²) in [7, 11) is 0. The molecule has 4 rings (SSSR count). The molecule has 0 aromatic heterocycles. The summed E-state index contributed by atoms with van der Waals surface area (Å²) in [5.74, 6) is 0.814. The molecule has 36 heavy (non-hydrogen) atoms. The van der Waals surface area contributed by atoms with Crippen molar-refractivity contribution < 1.29 is 19.2 Å². The van der Waals surface area contributed by atoms with Gasteiger partial charge in [-0.25, -0.2) is 0 Å². The van der Waals surface area contributed by atoms with Gasteiger partial charge in [0.2, 0.25) is 0 Å². The summed E-state index contributed by atoms with van der Waals surface area (Å²) in [6.07, 6.45) is 1.73. The minimum absolute atomic E-state index is 0.115. The maximum atomic E-state index is 13.2. The fourth-order valence-corrected chi connectivity index (χ4v) is 5.60. The van der Waals surface area contributed by atoms with Crippen molar-refractivity contribution in [1.29, 1.82) is 0 Å². The molecule has 7 nitrogen and oxygen atoms in total. The molecule has 1 amide bonds. The topological polar surface area (TPSA) is 81.9 Å². The summed E-state index contributed by atoms with van der Waals surface area (Å²) >= 11 is 14.7. The number of halogens is 2. The molecule has 1 heterocycles. The van der Waals surface area contributed by atoms with E-state index in [2.05, 4.69) is 22.6 Å². The Kier molecular flexibility index (Phi) is 8.50. The Hall–Kier alpha value is -2.67. The maximum absolute atomic E-state index is 13.2. The van der Waals surface area contributed by atoms with E-state index in [4.69, 9.17) is 33.3 Å². The van der Waals surface area contributed by atoms with Crippen molar-refractivity contribution >= 4 is 85.9 Å². The number of thiocarbonyl (C=S) groups is 1. The van der Waals surface area contributed by atoms with Gasteiger partial charge < -0.3 is 9.47 Å². The summed E-state index contributed by atoms with van der Waals surface area (Å²) in [4.78, 5) is 25.5. The van der Waals surface area contributed by atoms with E-state index < -0.39 is 4.92 Å². The number of hydrogen-bond donors (Lipinski definition) is 0. The summed E-state index contributed by atoms with van der Waals surface area (Å²) in [5.41, 5.74) is 1.94. The molecular weight excluding hydrogens is 635 g/mol. The summed E-state index contributed by atoms with van der Waals surface area (Å²) < 4.78 is 13.0. The third kappa shape index (κ3) is 6.00. The van der Waals surface area contributed by atoms with Crippen molar-refractivity contribution in [1.82, 2.24) is 0 Å². The fourth-order valence-electron chi connectivity index (χ4n) is 3.40. The number of non-ortho nitro benzene ring substituents is 1. The Bertz CT molecular complexity index is 1380. The van der Waals surface area contributed by atoms with Crippen LogP contribution < -0.4 is 14.4 Å². The van der Waals surface area contributed by atoms with Gasteiger partial charge in [-0.15, -0.1) is 0 Å². The number of amides is 1. The van der Waals surface area contributed by atoms with Gasteiger partial charge in [-0.3, -0.25) is 19.8 Å². The second-order valence-electron chi connectivity index (χ2n) is 7.47. The van der Waals surface area contributed by atoms with E-state index in [0.29, 0.717) is 44.6 Å². The molecule has 1 aliphatic rings. The Balaban J connectivity index is 1.60. The molecule has 0 aliphatic carbocycles. The quantitative estimate of drug-likeness (QED) is 0.0835. The number of nitro benzene ring substituents is 1. The van der Waals surface area contributed by atoms with E-state index in [1.807, 2.05) is 43.3 Å². The largest absolute Gasteiger partial charge is 0.490 e. The summed E-state index contributed by atoms with van der Waals surface area (Å²) in [6, 6.07) is 16.9. The summed E-state index contributed by atoms with van der Waals surface area (Å²) in [6.45, 7) is 2.66. The minimum Gasteiger partial charge on any atom is -0.490 e. The molecule has 0 radical (unpaired) electrons. The lowest BCUT2D eigenvalue weighted by molar-refractivity contribution is -0.384. The lowest BCUT2D eigenvalue weighted by atomic mass is 10.1. The number of nitro groups is 1. The number of thioether (sulfide) groups is 1. The first-order valence-electron chi connectivity index (χ1n) is 10.6. The van der Waals surface area contributed by atoms with Crippen molar-refractivity contribution in [3.63, 3.8) is 0 Å². The van der Waals surface area contributed by atoms with Gasteiger partial charge in [0.05, 0.1) is 25.7 Å². The molecule has 0 bridgehead atoms. The molecule has 11 heteroatoms. The number of anilines is 1. The number of ether oxygens (including phenoxy) is 2. The SMILES string of the molecule is CCOc1cc(/C=C2\SC(=S)N(c3cccc([N+](=O)[O-])c3)C2=O)cc(I)c1OCc1ccc(Cl)cc1. The Morgan fingerprint density at radius 1 is 1.17 bits per heavy atom. The molecule has 0 N–H and O–H groups in total. The van der Waals surface area contributed by atoms with E-state index in [1.165, 1.54) is 23.1 Å². The number of carbonyl (C=O) groups excluding carboxylic acids is 1. The van der Waals surface area contributed by atoms with Crippen LogP contribution in [0.25, 0.3) is 6.08 Å². The third-order valence-corrected chi connectivity index (χ3v) is 7.37. The smallest absolute Gasteiger partial charge is 0.271 e.